The van der Waals surface area contributed by atoms with Crippen LogP contribution in [-0.2, 0) is 14.1 Å². The molecule has 0 saturated carbocycles. The average molecular weight is 480 g/mol. The van der Waals surface area contributed by atoms with Gasteiger partial charge in [0.25, 0.3) is 11.5 Å². The molecule has 4 heterocycles. The van der Waals surface area contributed by atoms with Crippen LogP contribution in [0.2, 0.25) is 0 Å². The molecule has 184 valence electrons. The molecule has 0 aliphatic carbocycles. The van der Waals surface area contributed by atoms with E-state index in [0.29, 0.717) is 18.5 Å². The van der Waals surface area contributed by atoms with E-state index in [0.717, 1.165) is 21.4 Å². The van der Waals surface area contributed by atoms with Crippen LogP contribution in [0.3, 0.4) is 0 Å². The lowest BCUT2D eigenvalue weighted by Gasteiger charge is -2.43. The number of benzene rings is 1. The van der Waals surface area contributed by atoms with Gasteiger partial charge in [0.05, 0.1) is 29.0 Å². The highest BCUT2D eigenvalue weighted by molar-refractivity contribution is 5.97. The summed E-state index contributed by atoms with van der Waals surface area (Å²) in [7, 11) is 2.96. The second kappa shape index (κ2) is 7.91. The first-order valence-electron chi connectivity index (χ1n) is 11.6. The number of amides is 1. The maximum atomic E-state index is 13.5. The summed E-state index contributed by atoms with van der Waals surface area (Å²) in [6.07, 6.45) is 1.78. The number of carbonyl (C=O) groups is 1. The predicted molar refractivity (Wildman–Crippen MR) is 131 cm³/mol. The summed E-state index contributed by atoms with van der Waals surface area (Å²) in [5.74, 6) is 0.934. The highest BCUT2D eigenvalue weighted by atomic mass is 16.3. The molecule has 4 aromatic rings. The Balaban J connectivity index is 1.52. The summed E-state index contributed by atoms with van der Waals surface area (Å²) < 4.78 is 3.92. The van der Waals surface area contributed by atoms with Gasteiger partial charge >= 0.3 is 5.69 Å². The molecule has 1 amide bonds. The number of piperidine rings is 1. The third-order valence-corrected chi connectivity index (χ3v) is 7.09. The maximum Gasteiger partial charge on any atom is 0.332 e. The maximum absolute atomic E-state index is 13.5. The Morgan fingerprint density at radius 3 is 2.69 bits per heavy atom. The standard InChI is InChI=1S/C24H29N7O4/c1-13(2)19-26-15-7-6-14(10-16(15)27-19)21(32)30-9-8-24(3,35)17(11-30)31-12-25-20-18(31)22(33)29(5)23(34)28(20)4/h6-7,10,12-13,17,35H,8-9,11H2,1-5H3,(H,26,27)/t17-,24-/m0/s1. The van der Waals surface area contributed by atoms with Gasteiger partial charge in [0.2, 0.25) is 0 Å². The van der Waals surface area contributed by atoms with Crippen LogP contribution in [0.15, 0.2) is 34.1 Å². The van der Waals surface area contributed by atoms with Crippen LogP contribution in [0, 0.1) is 0 Å². The third kappa shape index (κ3) is 3.57. The van der Waals surface area contributed by atoms with E-state index in [-0.39, 0.29) is 29.5 Å². The molecule has 0 bridgehead atoms. The number of rotatable bonds is 3. The van der Waals surface area contributed by atoms with Crippen molar-refractivity contribution >= 4 is 28.1 Å². The van der Waals surface area contributed by atoms with Crippen LogP contribution in [-0.4, -0.2) is 63.3 Å². The molecule has 0 unspecified atom stereocenters. The van der Waals surface area contributed by atoms with E-state index in [2.05, 4.69) is 28.8 Å². The van der Waals surface area contributed by atoms with E-state index in [9.17, 15) is 19.5 Å². The monoisotopic (exact) mass is 479 g/mol. The Bertz CT molecular complexity index is 1590. The van der Waals surface area contributed by atoms with Crippen LogP contribution in [0.1, 0.15) is 55.3 Å². The van der Waals surface area contributed by atoms with Gasteiger partial charge in [0.15, 0.2) is 11.2 Å². The van der Waals surface area contributed by atoms with Crippen molar-refractivity contribution in [2.75, 3.05) is 13.1 Å². The minimum atomic E-state index is -1.19. The first-order valence-corrected chi connectivity index (χ1v) is 11.6. The molecule has 2 atom stereocenters. The largest absolute Gasteiger partial charge is 0.388 e. The Labute approximate surface area is 200 Å². The molecular formula is C24H29N7O4. The molecule has 3 aromatic heterocycles. The Kier molecular flexibility index (Phi) is 5.20. The summed E-state index contributed by atoms with van der Waals surface area (Å²) in [6, 6.07) is 4.76. The Morgan fingerprint density at radius 2 is 1.97 bits per heavy atom. The molecule has 1 aliphatic heterocycles. The number of H-pyrrole nitrogens is 1. The molecule has 11 nitrogen and oxygen atoms in total. The number of hydrogen-bond donors (Lipinski definition) is 2. The Hall–Kier alpha value is -3.73. The number of aromatic amines is 1. The molecule has 1 fully saturated rings. The van der Waals surface area contributed by atoms with Crippen LogP contribution >= 0.6 is 0 Å². The number of aliphatic hydroxyl groups is 1. The van der Waals surface area contributed by atoms with Crippen molar-refractivity contribution in [3.8, 4) is 0 Å². The average Bonchev–Trinajstić information content (AvgIpc) is 3.45. The molecule has 35 heavy (non-hydrogen) atoms. The fraction of sp³-hybridized carbons (Fsp3) is 0.458. The molecule has 1 aromatic carbocycles. The van der Waals surface area contributed by atoms with Gasteiger partial charge < -0.3 is 19.6 Å². The molecular weight excluding hydrogens is 450 g/mol. The molecule has 0 spiro atoms. The summed E-state index contributed by atoms with van der Waals surface area (Å²) in [5.41, 5.74) is 0.410. The third-order valence-electron chi connectivity index (χ3n) is 7.09. The van der Waals surface area contributed by atoms with Gasteiger partial charge in [-0.05, 0) is 31.5 Å². The van der Waals surface area contributed by atoms with Gasteiger partial charge in [-0.1, -0.05) is 13.8 Å². The quantitative estimate of drug-likeness (QED) is 0.455. The van der Waals surface area contributed by atoms with E-state index in [1.807, 2.05) is 6.07 Å². The van der Waals surface area contributed by atoms with E-state index in [1.165, 1.54) is 17.9 Å². The van der Waals surface area contributed by atoms with E-state index >= 15 is 0 Å². The number of fused-ring (bicyclic) bond motifs is 2. The normalized spacial score (nSPS) is 20.9. The number of nitrogens with one attached hydrogen (secondary N) is 1. The molecule has 2 N–H and O–H groups in total. The fourth-order valence-electron chi connectivity index (χ4n) is 4.82. The van der Waals surface area contributed by atoms with Gasteiger partial charge in [0.1, 0.15) is 5.82 Å². The number of hydrogen-bond acceptors (Lipinski definition) is 6. The number of imidazole rings is 2. The van der Waals surface area contributed by atoms with E-state index in [1.54, 1.807) is 35.6 Å². The summed E-state index contributed by atoms with van der Waals surface area (Å²) in [4.78, 5) is 52.6. The van der Waals surface area contributed by atoms with Crippen LogP contribution in [0.5, 0.6) is 0 Å². The van der Waals surface area contributed by atoms with Crippen molar-refractivity contribution in [2.24, 2.45) is 14.1 Å². The number of likely N-dealkylation sites (tertiary alicyclic amines) is 1. The number of aryl methyl sites for hydroxylation is 1. The Morgan fingerprint density at radius 1 is 1.23 bits per heavy atom. The lowest BCUT2D eigenvalue weighted by Crippen LogP contribution is -2.53. The number of carbonyl (C=O) groups excluding carboxylic acids is 1. The zero-order valence-electron chi connectivity index (χ0n) is 20.4. The van der Waals surface area contributed by atoms with Gasteiger partial charge in [-0.3, -0.25) is 18.7 Å². The van der Waals surface area contributed by atoms with Crippen molar-refractivity contribution in [3.63, 3.8) is 0 Å². The molecule has 11 heteroatoms. The SMILES string of the molecule is CC(C)c1nc2ccc(C(=O)N3CC[C@](C)(O)[C@@H](n4cnc5c4c(=O)n(C)c(=O)n5C)C3)cc2[nH]1. The van der Waals surface area contributed by atoms with Crippen molar-refractivity contribution < 1.29 is 9.90 Å². The van der Waals surface area contributed by atoms with Gasteiger partial charge in [-0.15, -0.1) is 0 Å². The van der Waals surface area contributed by atoms with Crippen LogP contribution in [0.4, 0.5) is 0 Å². The fourth-order valence-corrected chi connectivity index (χ4v) is 4.82. The van der Waals surface area contributed by atoms with Crippen molar-refractivity contribution in [1.82, 2.24) is 33.6 Å². The highest BCUT2D eigenvalue weighted by Gasteiger charge is 2.41. The molecule has 1 saturated heterocycles. The van der Waals surface area contributed by atoms with Gasteiger partial charge in [0, 0.05) is 38.7 Å². The molecule has 1 aliphatic rings. The van der Waals surface area contributed by atoms with Crippen molar-refractivity contribution in [1.29, 1.82) is 0 Å². The summed E-state index contributed by atoms with van der Waals surface area (Å²) in [6.45, 7) is 6.34. The van der Waals surface area contributed by atoms with E-state index in [4.69, 9.17) is 0 Å². The highest BCUT2D eigenvalue weighted by Crippen LogP contribution is 2.34. The smallest absolute Gasteiger partial charge is 0.332 e. The summed E-state index contributed by atoms with van der Waals surface area (Å²) >= 11 is 0. The van der Waals surface area contributed by atoms with Crippen LogP contribution < -0.4 is 11.2 Å². The van der Waals surface area contributed by atoms with Crippen LogP contribution in [0.25, 0.3) is 22.2 Å². The van der Waals surface area contributed by atoms with Crippen molar-refractivity contribution in [3.05, 3.63) is 56.8 Å². The minimum absolute atomic E-state index is 0.169. The minimum Gasteiger partial charge on any atom is -0.388 e. The lowest BCUT2D eigenvalue weighted by atomic mass is 9.87. The first kappa shape index (κ1) is 23.0. The van der Waals surface area contributed by atoms with Gasteiger partial charge in [-0.25, -0.2) is 14.8 Å². The predicted octanol–water partition coefficient (Wildman–Crippen LogP) is 1.27. The zero-order chi connectivity index (χ0) is 25.2. The summed E-state index contributed by atoms with van der Waals surface area (Å²) in [5, 5.41) is 11.2. The number of aromatic nitrogens is 6. The molecule has 0 radical (unpaired) electrons. The van der Waals surface area contributed by atoms with Gasteiger partial charge in [-0.2, -0.15) is 0 Å². The topological polar surface area (TPSA) is 131 Å². The lowest BCUT2D eigenvalue weighted by molar-refractivity contribution is -0.0432. The second-order valence-electron chi connectivity index (χ2n) is 9.91. The van der Waals surface area contributed by atoms with Crippen molar-refractivity contribution in [2.45, 2.75) is 44.8 Å². The zero-order valence-corrected chi connectivity index (χ0v) is 20.4. The van der Waals surface area contributed by atoms with E-state index < -0.39 is 22.9 Å². The first-order chi connectivity index (χ1) is 16.5. The molecule has 5 rings (SSSR count). The second-order valence-corrected chi connectivity index (χ2v) is 9.91. The number of nitrogens with zero attached hydrogens (tertiary/aromatic N) is 6.